The van der Waals surface area contributed by atoms with Crippen molar-refractivity contribution < 1.29 is 9.52 Å². The number of furan rings is 1. The van der Waals surface area contributed by atoms with Crippen molar-refractivity contribution in [1.82, 2.24) is 0 Å². The van der Waals surface area contributed by atoms with E-state index in [2.05, 4.69) is 15.9 Å². The molecular weight excluding hydrogens is 304 g/mol. The molecule has 2 nitrogen and oxygen atoms in total. The zero-order valence-electron chi connectivity index (χ0n) is 10.4. The van der Waals surface area contributed by atoms with Crippen molar-refractivity contribution in [3.63, 3.8) is 0 Å². The minimum atomic E-state index is -1.17. The minimum absolute atomic E-state index is 0.542. The van der Waals surface area contributed by atoms with Crippen LogP contribution in [0.5, 0.6) is 0 Å². The summed E-state index contributed by atoms with van der Waals surface area (Å²) >= 11 is 3.47. The monoisotopic (exact) mass is 316 g/mol. The average Bonchev–Trinajstić information content (AvgIpc) is 2.83. The van der Waals surface area contributed by atoms with Crippen LogP contribution in [0.25, 0.3) is 11.0 Å². The van der Waals surface area contributed by atoms with Crippen LogP contribution < -0.4 is 0 Å². The lowest BCUT2D eigenvalue weighted by Gasteiger charge is -2.22. The van der Waals surface area contributed by atoms with Gasteiger partial charge in [0.15, 0.2) is 0 Å². The quantitative estimate of drug-likeness (QED) is 0.757. The Kier molecular flexibility index (Phi) is 2.96. The van der Waals surface area contributed by atoms with E-state index in [1.807, 2.05) is 54.6 Å². The van der Waals surface area contributed by atoms with Crippen LogP contribution in [0.15, 0.2) is 63.5 Å². The van der Waals surface area contributed by atoms with Crippen molar-refractivity contribution in [1.29, 1.82) is 0 Å². The molecule has 1 atom stereocenters. The Morgan fingerprint density at radius 2 is 1.74 bits per heavy atom. The van der Waals surface area contributed by atoms with Crippen LogP contribution in [0, 0.1) is 0 Å². The number of fused-ring (bicyclic) bond motifs is 1. The summed E-state index contributed by atoms with van der Waals surface area (Å²) < 4.78 is 6.63. The fourth-order valence-corrected chi connectivity index (χ4v) is 2.88. The molecule has 0 spiro atoms. The molecule has 3 heteroatoms. The van der Waals surface area contributed by atoms with E-state index in [1.54, 1.807) is 6.92 Å². The summed E-state index contributed by atoms with van der Waals surface area (Å²) in [6.07, 6.45) is 0. The molecule has 0 aliphatic rings. The molecule has 1 aromatic heterocycles. The molecule has 0 aliphatic carbocycles. The summed E-state index contributed by atoms with van der Waals surface area (Å²) in [5.41, 5.74) is 0.401. The first kappa shape index (κ1) is 12.5. The number of hydrogen-bond donors (Lipinski definition) is 1. The van der Waals surface area contributed by atoms with E-state index in [9.17, 15) is 5.11 Å². The zero-order valence-corrected chi connectivity index (χ0v) is 12.0. The van der Waals surface area contributed by atoms with Crippen molar-refractivity contribution in [2.24, 2.45) is 0 Å². The van der Waals surface area contributed by atoms with E-state index in [4.69, 9.17) is 4.42 Å². The van der Waals surface area contributed by atoms with E-state index in [1.165, 1.54) is 0 Å². The number of hydrogen-bond acceptors (Lipinski definition) is 2. The van der Waals surface area contributed by atoms with E-state index in [-0.39, 0.29) is 0 Å². The van der Waals surface area contributed by atoms with E-state index in [0.29, 0.717) is 5.76 Å². The smallest absolute Gasteiger partial charge is 0.145 e. The third-order valence-corrected chi connectivity index (χ3v) is 4.00. The second-order valence-electron chi connectivity index (χ2n) is 4.70. The first-order valence-electron chi connectivity index (χ1n) is 6.05. The van der Waals surface area contributed by atoms with Gasteiger partial charge in [0, 0.05) is 15.4 Å². The molecule has 19 heavy (non-hydrogen) atoms. The summed E-state index contributed by atoms with van der Waals surface area (Å²) in [4.78, 5) is 0. The second kappa shape index (κ2) is 4.51. The topological polar surface area (TPSA) is 33.4 Å². The third-order valence-electron chi connectivity index (χ3n) is 3.30. The normalized spacial score (nSPS) is 14.5. The van der Waals surface area contributed by atoms with Gasteiger partial charge < -0.3 is 9.52 Å². The summed E-state index contributed by atoms with van der Waals surface area (Å²) in [6, 6.07) is 17.2. The Labute approximate surface area is 119 Å². The average molecular weight is 317 g/mol. The minimum Gasteiger partial charge on any atom is -0.458 e. The maximum atomic E-state index is 10.8. The van der Waals surface area contributed by atoms with Gasteiger partial charge in [0.25, 0.3) is 0 Å². The lowest BCUT2D eigenvalue weighted by molar-refractivity contribution is 0.0779. The van der Waals surface area contributed by atoms with Gasteiger partial charge in [-0.25, -0.2) is 0 Å². The van der Waals surface area contributed by atoms with Crippen molar-refractivity contribution in [2.45, 2.75) is 12.5 Å². The highest BCUT2D eigenvalue weighted by molar-refractivity contribution is 9.10. The number of para-hydroxylation sites is 1. The molecule has 0 saturated carbocycles. The molecule has 0 saturated heterocycles. The van der Waals surface area contributed by atoms with Gasteiger partial charge in [-0.2, -0.15) is 0 Å². The molecular formula is C16H13BrO2. The Morgan fingerprint density at radius 3 is 2.47 bits per heavy atom. The second-order valence-corrected chi connectivity index (χ2v) is 5.55. The van der Waals surface area contributed by atoms with Crippen LogP contribution in [-0.2, 0) is 5.60 Å². The molecule has 0 aliphatic heterocycles. The fraction of sp³-hybridized carbons (Fsp3) is 0.125. The Bertz CT molecular complexity index is 695. The van der Waals surface area contributed by atoms with E-state index in [0.717, 1.165) is 21.0 Å². The van der Waals surface area contributed by atoms with E-state index < -0.39 is 5.60 Å². The van der Waals surface area contributed by atoms with Crippen molar-refractivity contribution >= 4 is 26.9 Å². The molecule has 3 rings (SSSR count). The molecule has 2 aromatic carbocycles. The maximum absolute atomic E-state index is 10.8. The molecule has 0 radical (unpaired) electrons. The lowest BCUT2D eigenvalue weighted by Crippen LogP contribution is -2.22. The molecule has 96 valence electrons. The molecule has 3 aromatic rings. The van der Waals surface area contributed by atoms with Crippen LogP contribution in [0.3, 0.4) is 0 Å². The van der Waals surface area contributed by atoms with E-state index >= 15 is 0 Å². The van der Waals surface area contributed by atoms with Crippen LogP contribution in [0.1, 0.15) is 18.2 Å². The Morgan fingerprint density at radius 1 is 1.05 bits per heavy atom. The van der Waals surface area contributed by atoms with Crippen LogP contribution in [-0.4, -0.2) is 5.11 Å². The SMILES string of the molecule is CC(O)(c1cc2ccccc2o1)c1ccccc1Br. The number of rotatable bonds is 2. The fourth-order valence-electron chi connectivity index (χ4n) is 2.21. The van der Waals surface area contributed by atoms with Crippen LogP contribution in [0.2, 0.25) is 0 Å². The third kappa shape index (κ3) is 2.09. The molecule has 0 fully saturated rings. The van der Waals surface area contributed by atoms with Gasteiger partial charge in [-0.05, 0) is 25.1 Å². The highest BCUT2D eigenvalue weighted by atomic mass is 79.9. The van der Waals surface area contributed by atoms with Gasteiger partial charge in [-0.1, -0.05) is 52.3 Å². The summed E-state index contributed by atoms with van der Waals surface area (Å²) in [7, 11) is 0. The number of benzene rings is 2. The van der Waals surface area contributed by atoms with Gasteiger partial charge in [-0.3, -0.25) is 0 Å². The Hall–Kier alpha value is -1.58. The summed E-state index contributed by atoms with van der Waals surface area (Å²) in [6.45, 7) is 1.74. The van der Waals surface area contributed by atoms with Gasteiger partial charge in [0.1, 0.15) is 16.9 Å². The number of halogens is 1. The molecule has 1 N–H and O–H groups in total. The largest absolute Gasteiger partial charge is 0.458 e. The first-order valence-corrected chi connectivity index (χ1v) is 6.85. The van der Waals surface area contributed by atoms with Gasteiger partial charge >= 0.3 is 0 Å². The van der Waals surface area contributed by atoms with Crippen LogP contribution in [0.4, 0.5) is 0 Å². The summed E-state index contributed by atoms with van der Waals surface area (Å²) in [5.74, 6) is 0.542. The predicted molar refractivity (Wildman–Crippen MR) is 79.0 cm³/mol. The molecule has 0 amide bonds. The number of aliphatic hydroxyl groups is 1. The molecule has 0 bridgehead atoms. The highest BCUT2D eigenvalue weighted by Crippen LogP contribution is 2.36. The molecule has 1 heterocycles. The van der Waals surface area contributed by atoms with Crippen molar-refractivity contribution in [2.75, 3.05) is 0 Å². The summed E-state index contributed by atoms with van der Waals surface area (Å²) in [5, 5.41) is 11.8. The zero-order chi connectivity index (χ0) is 13.5. The van der Waals surface area contributed by atoms with Crippen LogP contribution >= 0.6 is 15.9 Å². The van der Waals surface area contributed by atoms with Gasteiger partial charge in [0.05, 0.1) is 0 Å². The molecule has 1 unspecified atom stereocenters. The predicted octanol–water partition coefficient (Wildman–Crippen LogP) is 4.45. The Balaban J connectivity index is 2.16. The van der Waals surface area contributed by atoms with Gasteiger partial charge in [0.2, 0.25) is 0 Å². The van der Waals surface area contributed by atoms with Crippen molar-refractivity contribution in [3.8, 4) is 0 Å². The maximum Gasteiger partial charge on any atom is 0.145 e. The van der Waals surface area contributed by atoms with Gasteiger partial charge in [-0.15, -0.1) is 0 Å². The highest BCUT2D eigenvalue weighted by Gasteiger charge is 2.31. The first-order chi connectivity index (χ1) is 9.09. The standard InChI is InChI=1S/C16H13BrO2/c1-16(18,12-7-3-4-8-13(12)17)15-10-11-6-2-5-9-14(11)19-15/h2-10,18H,1H3. The lowest BCUT2D eigenvalue weighted by atomic mass is 9.93. The van der Waals surface area contributed by atoms with Crippen molar-refractivity contribution in [3.05, 3.63) is 70.4 Å².